The largest absolute Gasteiger partial charge is 0.336 e. The average molecular weight is 409 g/mol. The molecule has 4 rings (SSSR count). The Morgan fingerprint density at radius 1 is 0.967 bits per heavy atom. The number of hydrogen-bond donors (Lipinski definition) is 1. The van der Waals surface area contributed by atoms with Crippen molar-refractivity contribution in [1.82, 2.24) is 25.1 Å². The van der Waals surface area contributed by atoms with Crippen LogP contribution in [0.4, 0.5) is 20.8 Å². The van der Waals surface area contributed by atoms with Crippen LogP contribution in [0.1, 0.15) is 16.7 Å². The van der Waals surface area contributed by atoms with Crippen molar-refractivity contribution in [3.63, 3.8) is 0 Å². The quantitative estimate of drug-likeness (QED) is 0.719. The predicted octanol–water partition coefficient (Wildman–Crippen LogP) is 3.08. The molecule has 0 unspecified atom stereocenters. The number of hydrogen-bond acceptors (Lipinski definition) is 5. The van der Waals surface area contributed by atoms with Gasteiger partial charge in [-0.05, 0) is 72.2 Å². The third-order valence-electron chi connectivity index (χ3n) is 5.46. The van der Waals surface area contributed by atoms with Gasteiger partial charge in [-0.2, -0.15) is 4.68 Å². The van der Waals surface area contributed by atoms with Crippen molar-refractivity contribution in [3.05, 3.63) is 58.9 Å². The SMILES string of the molecule is Cc1ccc(-n2nnnc2N2CCN(C(=O)Nc3ccc(C)c(F)c3)CC2)cc1C. The van der Waals surface area contributed by atoms with Crippen molar-refractivity contribution in [2.24, 2.45) is 0 Å². The van der Waals surface area contributed by atoms with Gasteiger partial charge in [0.15, 0.2) is 0 Å². The Labute approximate surface area is 174 Å². The van der Waals surface area contributed by atoms with Gasteiger partial charge in [-0.25, -0.2) is 9.18 Å². The van der Waals surface area contributed by atoms with Crippen LogP contribution in [0.3, 0.4) is 0 Å². The first-order chi connectivity index (χ1) is 14.4. The number of amides is 2. The van der Waals surface area contributed by atoms with Crippen LogP contribution in [0, 0.1) is 26.6 Å². The molecule has 2 aromatic carbocycles. The lowest BCUT2D eigenvalue weighted by Crippen LogP contribution is -2.50. The fourth-order valence-corrected chi connectivity index (χ4v) is 3.39. The van der Waals surface area contributed by atoms with Crippen molar-refractivity contribution in [2.45, 2.75) is 20.8 Å². The number of nitrogens with one attached hydrogen (secondary N) is 1. The molecule has 1 aliphatic rings. The molecule has 9 heteroatoms. The van der Waals surface area contributed by atoms with Gasteiger partial charge < -0.3 is 15.1 Å². The van der Waals surface area contributed by atoms with Crippen LogP contribution >= 0.6 is 0 Å². The molecule has 0 bridgehead atoms. The van der Waals surface area contributed by atoms with Crippen molar-refractivity contribution in [3.8, 4) is 5.69 Å². The van der Waals surface area contributed by atoms with Crippen LogP contribution in [0.2, 0.25) is 0 Å². The molecule has 0 spiro atoms. The van der Waals surface area contributed by atoms with Crippen molar-refractivity contribution in [2.75, 3.05) is 36.4 Å². The number of aromatic nitrogens is 4. The van der Waals surface area contributed by atoms with E-state index in [4.69, 9.17) is 0 Å². The molecule has 0 saturated carbocycles. The minimum Gasteiger partial charge on any atom is -0.336 e. The Hall–Kier alpha value is -3.49. The molecule has 1 aliphatic heterocycles. The third-order valence-corrected chi connectivity index (χ3v) is 5.46. The minimum atomic E-state index is -0.337. The van der Waals surface area contributed by atoms with E-state index in [1.165, 1.54) is 17.2 Å². The van der Waals surface area contributed by atoms with Gasteiger partial charge in [-0.1, -0.05) is 17.2 Å². The number of nitrogens with zero attached hydrogens (tertiary/aromatic N) is 6. The Morgan fingerprint density at radius 2 is 1.70 bits per heavy atom. The molecule has 1 saturated heterocycles. The third kappa shape index (κ3) is 3.96. The number of anilines is 2. The Kier molecular flexibility index (Phi) is 5.35. The summed E-state index contributed by atoms with van der Waals surface area (Å²) in [7, 11) is 0. The first kappa shape index (κ1) is 19.8. The molecule has 8 nitrogen and oxygen atoms in total. The maximum Gasteiger partial charge on any atom is 0.321 e. The van der Waals surface area contributed by atoms with E-state index in [1.807, 2.05) is 12.1 Å². The fourth-order valence-electron chi connectivity index (χ4n) is 3.39. The van der Waals surface area contributed by atoms with Gasteiger partial charge in [0.1, 0.15) is 5.82 Å². The van der Waals surface area contributed by atoms with E-state index >= 15 is 0 Å². The van der Waals surface area contributed by atoms with Crippen LogP contribution in [-0.2, 0) is 0 Å². The monoisotopic (exact) mass is 409 g/mol. The van der Waals surface area contributed by atoms with Crippen LogP contribution in [0.15, 0.2) is 36.4 Å². The van der Waals surface area contributed by atoms with Gasteiger partial charge in [0.05, 0.1) is 5.69 Å². The topological polar surface area (TPSA) is 79.2 Å². The summed E-state index contributed by atoms with van der Waals surface area (Å²) in [5.41, 5.74) is 4.27. The Morgan fingerprint density at radius 3 is 2.40 bits per heavy atom. The van der Waals surface area contributed by atoms with Gasteiger partial charge in [-0.3, -0.25) is 0 Å². The molecule has 0 atom stereocenters. The molecular weight excluding hydrogens is 385 g/mol. The highest BCUT2D eigenvalue weighted by Crippen LogP contribution is 2.20. The number of tetrazole rings is 1. The zero-order chi connectivity index (χ0) is 21.3. The molecule has 3 aromatic rings. The van der Waals surface area contributed by atoms with Gasteiger partial charge in [-0.15, -0.1) is 0 Å². The van der Waals surface area contributed by atoms with E-state index in [0.29, 0.717) is 43.4 Å². The van der Waals surface area contributed by atoms with E-state index in [-0.39, 0.29) is 11.8 Å². The van der Waals surface area contributed by atoms with E-state index in [9.17, 15) is 9.18 Å². The zero-order valence-corrected chi connectivity index (χ0v) is 17.3. The molecule has 2 amide bonds. The highest BCUT2D eigenvalue weighted by Gasteiger charge is 2.25. The van der Waals surface area contributed by atoms with Crippen LogP contribution < -0.4 is 10.2 Å². The molecule has 156 valence electrons. The second-order valence-corrected chi connectivity index (χ2v) is 7.53. The molecular formula is C21H24FN7O. The van der Waals surface area contributed by atoms with E-state index in [1.54, 1.807) is 28.6 Å². The summed E-state index contributed by atoms with van der Waals surface area (Å²) >= 11 is 0. The second-order valence-electron chi connectivity index (χ2n) is 7.53. The average Bonchev–Trinajstić information content (AvgIpc) is 3.23. The number of urea groups is 1. The first-order valence-electron chi connectivity index (χ1n) is 9.85. The van der Waals surface area contributed by atoms with E-state index in [0.717, 1.165) is 5.69 Å². The first-order valence-corrected chi connectivity index (χ1v) is 9.85. The summed E-state index contributed by atoms with van der Waals surface area (Å²) in [6.07, 6.45) is 0. The molecule has 1 N–H and O–H groups in total. The number of halogens is 1. The Bertz CT molecular complexity index is 1070. The molecule has 0 aliphatic carbocycles. The number of aryl methyl sites for hydroxylation is 3. The molecule has 0 radical (unpaired) electrons. The van der Waals surface area contributed by atoms with Crippen LogP contribution in [-0.4, -0.2) is 57.3 Å². The number of benzene rings is 2. The van der Waals surface area contributed by atoms with Crippen LogP contribution in [0.5, 0.6) is 0 Å². The second kappa shape index (κ2) is 8.10. The summed E-state index contributed by atoms with van der Waals surface area (Å²) in [4.78, 5) is 16.3. The van der Waals surface area contributed by atoms with Crippen molar-refractivity contribution in [1.29, 1.82) is 0 Å². The lowest BCUT2D eigenvalue weighted by atomic mass is 10.1. The van der Waals surface area contributed by atoms with E-state index < -0.39 is 0 Å². The molecule has 2 heterocycles. The summed E-state index contributed by atoms with van der Waals surface area (Å²) in [5, 5.41) is 14.9. The van der Waals surface area contributed by atoms with Crippen molar-refractivity contribution < 1.29 is 9.18 Å². The standard InChI is InChI=1S/C21H24FN7O/c1-14-5-7-18(12-16(14)3)29-20(24-25-26-29)27-8-10-28(11-9-27)21(30)23-17-6-4-15(2)19(22)13-17/h4-7,12-13H,8-11H2,1-3H3,(H,23,30). The number of rotatable bonds is 3. The van der Waals surface area contributed by atoms with Crippen LogP contribution in [0.25, 0.3) is 5.69 Å². The lowest BCUT2D eigenvalue weighted by molar-refractivity contribution is 0.208. The highest BCUT2D eigenvalue weighted by atomic mass is 19.1. The number of carbonyl (C=O) groups excluding carboxylic acids is 1. The minimum absolute atomic E-state index is 0.244. The van der Waals surface area contributed by atoms with E-state index in [2.05, 4.69) is 45.7 Å². The Balaban J connectivity index is 1.41. The molecule has 1 fully saturated rings. The normalized spacial score (nSPS) is 14.1. The summed E-state index contributed by atoms with van der Waals surface area (Å²) in [5.74, 6) is 0.315. The zero-order valence-electron chi connectivity index (χ0n) is 17.3. The lowest BCUT2D eigenvalue weighted by Gasteiger charge is -2.34. The highest BCUT2D eigenvalue weighted by molar-refractivity contribution is 5.89. The van der Waals surface area contributed by atoms with Crippen molar-refractivity contribution >= 4 is 17.7 Å². The smallest absolute Gasteiger partial charge is 0.321 e. The molecule has 30 heavy (non-hydrogen) atoms. The molecule has 1 aromatic heterocycles. The number of carbonyl (C=O) groups is 1. The maximum absolute atomic E-state index is 13.7. The van der Waals surface area contributed by atoms with Gasteiger partial charge in [0.2, 0.25) is 5.95 Å². The van der Waals surface area contributed by atoms with Gasteiger partial charge in [0.25, 0.3) is 0 Å². The number of piperazine rings is 1. The fraction of sp³-hybridized carbons (Fsp3) is 0.333. The predicted molar refractivity (Wildman–Crippen MR) is 113 cm³/mol. The summed E-state index contributed by atoms with van der Waals surface area (Å²) in [6, 6.07) is 10.5. The summed E-state index contributed by atoms with van der Waals surface area (Å²) < 4.78 is 15.4. The van der Waals surface area contributed by atoms with Gasteiger partial charge in [0, 0.05) is 31.9 Å². The maximum atomic E-state index is 13.7. The van der Waals surface area contributed by atoms with Gasteiger partial charge >= 0.3 is 6.03 Å². The summed E-state index contributed by atoms with van der Waals surface area (Å²) in [6.45, 7) is 8.03.